The average Bonchev–Trinajstić information content (AvgIpc) is 2.54. The summed E-state index contributed by atoms with van der Waals surface area (Å²) in [6, 6.07) is 7.38. The van der Waals surface area contributed by atoms with E-state index in [1.807, 2.05) is 38.1 Å². The lowest BCUT2D eigenvalue weighted by Gasteiger charge is -2.37. The molecule has 3 N–H and O–H groups in total. The Balaban J connectivity index is 1.98. The molecule has 0 bridgehead atoms. The van der Waals surface area contributed by atoms with Crippen LogP contribution in [0, 0.1) is 0 Å². The fraction of sp³-hybridized carbons (Fsp3) is 0.529. The molecule has 0 unspecified atom stereocenters. The number of benzene rings is 1. The highest BCUT2D eigenvalue weighted by Crippen LogP contribution is 2.28. The lowest BCUT2D eigenvalue weighted by atomic mass is 10.1. The number of nitrogens with zero attached hydrogens (tertiary/aromatic N) is 1. The molecule has 0 saturated carbocycles. The van der Waals surface area contributed by atoms with Gasteiger partial charge in [-0.15, -0.1) is 0 Å². The number of carbonyl (C=O) groups is 2. The van der Waals surface area contributed by atoms with Gasteiger partial charge in [0.1, 0.15) is 0 Å². The molecule has 7 nitrogen and oxygen atoms in total. The van der Waals surface area contributed by atoms with Crippen LogP contribution in [0.5, 0.6) is 0 Å². The standard InChI is InChI=1S/C17H26N4O3/c1-12-10-21(11-13(2)24-12)15-7-5-4-6-14(15)20-17(23)19-9-8-16(22)18-3/h4-7,12-13H,8-11H2,1-3H3,(H,18,22)(H2,19,20,23)/t12-,13-/m1/s1. The van der Waals surface area contributed by atoms with E-state index in [0.29, 0.717) is 6.54 Å². The molecule has 1 heterocycles. The number of para-hydroxylation sites is 2. The van der Waals surface area contributed by atoms with Gasteiger partial charge in [-0.05, 0) is 26.0 Å². The fourth-order valence-electron chi connectivity index (χ4n) is 2.81. The van der Waals surface area contributed by atoms with Crippen LogP contribution in [0.4, 0.5) is 16.2 Å². The maximum Gasteiger partial charge on any atom is 0.319 e. The van der Waals surface area contributed by atoms with Crippen molar-refractivity contribution in [1.82, 2.24) is 10.6 Å². The zero-order valence-corrected chi connectivity index (χ0v) is 14.5. The van der Waals surface area contributed by atoms with E-state index < -0.39 is 0 Å². The van der Waals surface area contributed by atoms with E-state index in [1.165, 1.54) is 0 Å². The Kier molecular flexibility index (Phi) is 6.43. The number of morpholine rings is 1. The van der Waals surface area contributed by atoms with Gasteiger partial charge < -0.3 is 25.6 Å². The minimum Gasteiger partial charge on any atom is -0.372 e. The molecule has 7 heteroatoms. The minimum atomic E-state index is -0.319. The van der Waals surface area contributed by atoms with Crippen LogP contribution in [0.3, 0.4) is 0 Å². The number of rotatable bonds is 5. The lowest BCUT2D eigenvalue weighted by molar-refractivity contribution is -0.120. The zero-order chi connectivity index (χ0) is 17.5. The van der Waals surface area contributed by atoms with Gasteiger partial charge in [0.15, 0.2) is 0 Å². The average molecular weight is 334 g/mol. The Hall–Kier alpha value is -2.28. The van der Waals surface area contributed by atoms with Crippen LogP contribution in [0.2, 0.25) is 0 Å². The van der Waals surface area contributed by atoms with Crippen molar-refractivity contribution in [1.29, 1.82) is 0 Å². The van der Waals surface area contributed by atoms with E-state index in [0.717, 1.165) is 24.5 Å². The maximum atomic E-state index is 12.0. The third kappa shape index (κ3) is 5.13. The topological polar surface area (TPSA) is 82.7 Å². The van der Waals surface area contributed by atoms with Gasteiger partial charge in [-0.1, -0.05) is 12.1 Å². The van der Waals surface area contributed by atoms with Crippen LogP contribution in [-0.2, 0) is 9.53 Å². The summed E-state index contributed by atoms with van der Waals surface area (Å²) in [6.45, 7) is 5.94. The molecule has 0 spiro atoms. The molecule has 1 saturated heterocycles. The number of carbonyl (C=O) groups excluding carboxylic acids is 2. The molecule has 1 aromatic rings. The molecule has 0 radical (unpaired) electrons. The summed E-state index contributed by atoms with van der Waals surface area (Å²) in [5, 5.41) is 8.07. The monoisotopic (exact) mass is 334 g/mol. The molecular weight excluding hydrogens is 308 g/mol. The highest BCUT2D eigenvalue weighted by Gasteiger charge is 2.24. The molecule has 1 aromatic carbocycles. The lowest BCUT2D eigenvalue weighted by Crippen LogP contribution is -2.45. The van der Waals surface area contributed by atoms with Crippen molar-refractivity contribution in [3.8, 4) is 0 Å². The van der Waals surface area contributed by atoms with Crippen LogP contribution in [0.25, 0.3) is 0 Å². The normalized spacial score (nSPS) is 20.4. The van der Waals surface area contributed by atoms with E-state index >= 15 is 0 Å². The molecule has 132 valence electrons. The van der Waals surface area contributed by atoms with Crippen molar-refractivity contribution >= 4 is 23.3 Å². The van der Waals surface area contributed by atoms with Crippen LogP contribution in [0.1, 0.15) is 20.3 Å². The van der Waals surface area contributed by atoms with Gasteiger partial charge in [-0.25, -0.2) is 4.79 Å². The molecule has 0 aliphatic carbocycles. The first-order valence-electron chi connectivity index (χ1n) is 8.24. The SMILES string of the molecule is CNC(=O)CCNC(=O)Nc1ccccc1N1C[C@@H](C)O[C@H](C)C1. The summed E-state index contributed by atoms with van der Waals surface area (Å²) in [7, 11) is 1.57. The van der Waals surface area contributed by atoms with Crippen LogP contribution >= 0.6 is 0 Å². The molecule has 24 heavy (non-hydrogen) atoms. The van der Waals surface area contributed by atoms with Gasteiger partial charge in [0.05, 0.1) is 23.6 Å². The molecule has 1 fully saturated rings. The molecule has 1 aliphatic heterocycles. The summed E-state index contributed by atoms with van der Waals surface area (Å²) < 4.78 is 5.77. The second-order valence-corrected chi connectivity index (χ2v) is 5.98. The van der Waals surface area contributed by atoms with Gasteiger partial charge in [-0.2, -0.15) is 0 Å². The van der Waals surface area contributed by atoms with E-state index in [1.54, 1.807) is 7.05 Å². The first kappa shape index (κ1) is 18.1. The Bertz CT molecular complexity index is 569. The van der Waals surface area contributed by atoms with Crippen molar-refractivity contribution < 1.29 is 14.3 Å². The summed E-state index contributed by atoms with van der Waals surface area (Å²) >= 11 is 0. The molecule has 2 rings (SSSR count). The van der Waals surface area contributed by atoms with Gasteiger partial charge in [0.25, 0.3) is 0 Å². The second kappa shape index (κ2) is 8.54. The summed E-state index contributed by atoms with van der Waals surface area (Å²) in [5.74, 6) is -0.105. The minimum absolute atomic E-state index is 0.105. The molecule has 1 aliphatic rings. The maximum absolute atomic E-state index is 12.0. The van der Waals surface area contributed by atoms with Gasteiger partial charge >= 0.3 is 6.03 Å². The van der Waals surface area contributed by atoms with Crippen LogP contribution in [-0.4, -0.2) is 50.8 Å². The quantitative estimate of drug-likeness (QED) is 0.763. The number of ether oxygens (including phenoxy) is 1. The highest BCUT2D eigenvalue weighted by atomic mass is 16.5. The van der Waals surface area contributed by atoms with Crippen molar-refractivity contribution in [3.05, 3.63) is 24.3 Å². The Labute approximate surface area is 142 Å². The van der Waals surface area contributed by atoms with E-state index in [-0.39, 0.29) is 30.6 Å². The van der Waals surface area contributed by atoms with Crippen LogP contribution < -0.4 is 20.9 Å². The highest BCUT2D eigenvalue weighted by molar-refractivity contribution is 5.93. The summed E-state index contributed by atoms with van der Waals surface area (Å²) in [4.78, 5) is 25.4. The number of hydrogen-bond acceptors (Lipinski definition) is 4. The van der Waals surface area contributed by atoms with Crippen LogP contribution in [0.15, 0.2) is 24.3 Å². The summed E-state index contributed by atoms with van der Waals surface area (Å²) in [6.07, 6.45) is 0.538. The predicted molar refractivity (Wildman–Crippen MR) is 94.4 cm³/mol. The first-order valence-corrected chi connectivity index (χ1v) is 8.24. The Morgan fingerprint density at radius 1 is 1.21 bits per heavy atom. The van der Waals surface area contributed by atoms with E-state index in [9.17, 15) is 9.59 Å². The second-order valence-electron chi connectivity index (χ2n) is 5.98. The number of hydrogen-bond donors (Lipinski definition) is 3. The van der Waals surface area contributed by atoms with Gasteiger partial charge in [0, 0.05) is 33.1 Å². The molecule has 0 aromatic heterocycles. The molecule has 2 atom stereocenters. The number of urea groups is 1. The number of nitrogens with one attached hydrogen (secondary N) is 3. The van der Waals surface area contributed by atoms with E-state index in [4.69, 9.17) is 4.74 Å². The van der Waals surface area contributed by atoms with Gasteiger partial charge in [-0.3, -0.25) is 4.79 Å². The number of anilines is 2. The van der Waals surface area contributed by atoms with Gasteiger partial charge in [0.2, 0.25) is 5.91 Å². The largest absolute Gasteiger partial charge is 0.372 e. The van der Waals surface area contributed by atoms with Crippen molar-refractivity contribution in [2.24, 2.45) is 0 Å². The number of amides is 3. The first-order chi connectivity index (χ1) is 11.5. The Morgan fingerprint density at radius 2 is 1.88 bits per heavy atom. The predicted octanol–water partition coefficient (Wildman–Crippen LogP) is 1.56. The Morgan fingerprint density at radius 3 is 2.54 bits per heavy atom. The third-order valence-corrected chi connectivity index (χ3v) is 3.83. The third-order valence-electron chi connectivity index (χ3n) is 3.83. The summed E-state index contributed by atoms with van der Waals surface area (Å²) in [5.41, 5.74) is 1.72. The van der Waals surface area contributed by atoms with Crippen molar-refractivity contribution in [2.75, 3.05) is 36.9 Å². The molecule has 3 amide bonds. The van der Waals surface area contributed by atoms with Crippen molar-refractivity contribution in [2.45, 2.75) is 32.5 Å². The zero-order valence-electron chi connectivity index (χ0n) is 14.5. The fourth-order valence-corrected chi connectivity index (χ4v) is 2.81. The van der Waals surface area contributed by atoms with E-state index in [2.05, 4.69) is 20.9 Å². The smallest absolute Gasteiger partial charge is 0.319 e. The molecular formula is C17H26N4O3. The van der Waals surface area contributed by atoms with Crippen molar-refractivity contribution in [3.63, 3.8) is 0 Å².